The van der Waals surface area contributed by atoms with E-state index in [-0.39, 0.29) is 22.6 Å². The van der Waals surface area contributed by atoms with Crippen molar-refractivity contribution in [1.29, 1.82) is 0 Å². The van der Waals surface area contributed by atoms with Gasteiger partial charge in [0.25, 0.3) is 0 Å². The van der Waals surface area contributed by atoms with Gasteiger partial charge in [0.05, 0.1) is 36.8 Å². The summed E-state index contributed by atoms with van der Waals surface area (Å²) in [6.07, 6.45) is 1.09. The fraction of sp³-hybridized carbons (Fsp3) is 0.211. The lowest BCUT2D eigenvalue weighted by Gasteiger charge is -2.11. The lowest BCUT2D eigenvalue weighted by Crippen LogP contribution is -2.22. The van der Waals surface area contributed by atoms with E-state index in [1.807, 2.05) is 0 Å². The van der Waals surface area contributed by atoms with E-state index in [0.29, 0.717) is 11.4 Å². The summed E-state index contributed by atoms with van der Waals surface area (Å²) in [6.45, 7) is -0.168. The van der Waals surface area contributed by atoms with Crippen LogP contribution in [-0.4, -0.2) is 53.3 Å². The Morgan fingerprint density at radius 1 is 0.862 bits per heavy atom. The molecule has 0 spiro atoms. The minimum Gasteiger partial charge on any atom is -0.465 e. The maximum absolute atomic E-state index is 12.1. The van der Waals surface area contributed by atoms with Gasteiger partial charge in [0.15, 0.2) is 9.84 Å². The quantitative estimate of drug-likeness (QED) is 0.648. The van der Waals surface area contributed by atoms with Crippen molar-refractivity contribution in [1.82, 2.24) is 0 Å². The number of sulfone groups is 1. The minimum absolute atomic E-state index is 0.120. The number of esters is 2. The van der Waals surface area contributed by atoms with E-state index in [1.54, 1.807) is 0 Å². The number of hydrogen-bond acceptors (Lipinski definition) is 8. The van der Waals surface area contributed by atoms with E-state index in [0.717, 1.165) is 6.26 Å². The van der Waals surface area contributed by atoms with E-state index in [1.165, 1.54) is 56.7 Å². The minimum atomic E-state index is -3.32. The Balaban J connectivity index is 2.09. The largest absolute Gasteiger partial charge is 0.465 e. The molecule has 29 heavy (non-hydrogen) atoms. The Kier molecular flexibility index (Phi) is 6.94. The number of methoxy groups -OCH3 is 2. The molecule has 0 heterocycles. The molecule has 0 aromatic heterocycles. The summed E-state index contributed by atoms with van der Waals surface area (Å²) in [4.78, 5) is 35.8. The first-order valence-corrected chi connectivity index (χ1v) is 10.2. The van der Waals surface area contributed by atoms with Crippen molar-refractivity contribution >= 4 is 39.1 Å². The maximum atomic E-state index is 12.1. The lowest BCUT2D eigenvalue weighted by atomic mass is 10.1. The normalized spacial score (nSPS) is 10.7. The molecule has 2 N–H and O–H groups in total. The Bertz CT molecular complexity index is 997. The molecule has 0 aliphatic carbocycles. The monoisotopic (exact) mass is 420 g/mol. The molecule has 10 heteroatoms. The van der Waals surface area contributed by atoms with Crippen LogP contribution >= 0.6 is 0 Å². The number of ether oxygens (including phenoxy) is 2. The van der Waals surface area contributed by atoms with Gasteiger partial charge >= 0.3 is 11.9 Å². The topological polar surface area (TPSA) is 128 Å². The van der Waals surface area contributed by atoms with Crippen molar-refractivity contribution < 1.29 is 32.3 Å². The van der Waals surface area contributed by atoms with Crippen LogP contribution in [0.3, 0.4) is 0 Å². The average molecular weight is 420 g/mol. The highest BCUT2D eigenvalue weighted by Gasteiger charge is 2.14. The predicted molar refractivity (Wildman–Crippen MR) is 106 cm³/mol. The van der Waals surface area contributed by atoms with Crippen molar-refractivity contribution in [2.45, 2.75) is 4.90 Å². The SMILES string of the molecule is COC(=O)c1cc(NCC(=O)Nc2ccc(S(C)(=O)=O)cc2)cc(C(=O)OC)c1. The van der Waals surface area contributed by atoms with Gasteiger partial charge in [-0.25, -0.2) is 18.0 Å². The van der Waals surface area contributed by atoms with Crippen molar-refractivity contribution in [2.24, 2.45) is 0 Å². The molecule has 2 aromatic carbocycles. The third kappa shape index (κ3) is 6.04. The summed E-state index contributed by atoms with van der Waals surface area (Å²) >= 11 is 0. The van der Waals surface area contributed by atoms with Crippen LogP contribution in [-0.2, 0) is 24.1 Å². The maximum Gasteiger partial charge on any atom is 0.337 e. The number of carbonyl (C=O) groups is 3. The molecule has 0 unspecified atom stereocenters. The van der Waals surface area contributed by atoms with Crippen molar-refractivity contribution in [3.8, 4) is 0 Å². The van der Waals surface area contributed by atoms with Crippen LogP contribution in [0.4, 0.5) is 11.4 Å². The summed E-state index contributed by atoms with van der Waals surface area (Å²) < 4.78 is 32.2. The zero-order valence-corrected chi connectivity index (χ0v) is 16.8. The Hall–Kier alpha value is -3.40. The summed E-state index contributed by atoms with van der Waals surface area (Å²) in [6, 6.07) is 9.93. The number of amides is 1. The molecule has 9 nitrogen and oxygen atoms in total. The Morgan fingerprint density at radius 3 is 1.83 bits per heavy atom. The van der Waals surface area contributed by atoms with Gasteiger partial charge in [0.2, 0.25) is 5.91 Å². The standard InChI is InChI=1S/C19H20N2O7S/c1-27-18(23)12-8-13(19(24)28-2)10-15(9-12)20-11-17(22)21-14-4-6-16(7-5-14)29(3,25)26/h4-10,20H,11H2,1-3H3,(H,21,22). The molecule has 0 saturated heterocycles. The van der Waals surface area contributed by atoms with Gasteiger partial charge in [-0.15, -0.1) is 0 Å². The van der Waals surface area contributed by atoms with E-state index in [2.05, 4.69) is 20.1 Å². The van der Waals surface area contributed by atoms with Gasteiger partial charge in [-0.05, 0) is 42.5 Å². The zero-order valence-electron chi connectivity index (χ0n) is 16.0. The van der Waals surface area contributed by atoms with Crippen LogP contribution in [0.2, 0.25) is 0 Å². The number of nitrogens with one attached hydrogen (secondary N) is 2. The van der Waals surface area contributed by atoms with Crippen molar-refractivity contribution in [3.63, 3.8) is 0 Å². The summed E-state index contributed by atoms with van der Waals surface area (Å²) in [5.41, 5.74) is 1.00. The highest BCUT2D eigenvalue weighted by molar-refractivity contribution is 7.90. The third-order valence-corrected chi connectivity index (χ3v) is 4.92. The molecule has 0 fully saturated rings. The number of carbonyl (C=O) groups excluding carboxylic acids is 3. The number of anilines is 2. The Morgan fingerprint density at radius 2 is 1.38 bits per heavy atom. The number of rotatable bonds is 7. The average Bonchev–Trinajstić information content (AvgIpc) is 2.70. The molecule has 0 atom stereocenters. The highest BCUT2D eigenvalue weighted by atomic mass is 32.2. The fourth-order valence-electron chi connectivity index (χ4n) is 2.37. The second-order valence-electron chi connectivity index (χ2n) is 5.98. The zero-order chi connectivity index (χ0) is 21.6. The molecule has 0 aliphatic heterocycles. The van der Waals surface area contributed by atoms with Gasteiger partial charge in [-0.2, -0.15) is 0 Å². The molecule has 0 bridgehead atoms. The third-order valence-electron chi connectivity index (χ3n) is 3.79. The van der Waals surface area contributed by atoms with E-state index < -0.39 is 27.7 Å². The molecule has 154 valence electrons. The van der Waals surface area contributed by atoms with E-state index in [4.69, 9.17) is 0 Å². The number of benzene rings is 2. The van der Waals surface area contributed by atoms with Crippen LogP contribution in [0, 0.1) is 0 Å². The van der Waals surface area contributed by atoms with Crippen LogP contribution in [0.1, 0.15) is 20.7 Å². The van der Waals surface area contributed by atoms with Crippen molar-refractivity contribution in [2.75, 3.05) is 37.7 Å². The van der Waals surface area contributed by atoms with Gasteiger partial charge in [-0.3, -0.25) is 4.79 Å². The number of hydrogen-bond donors (Lipinski definition) is 2. The first-order chi connectivity index (χ1) is 13.6. The molecule has 2 aromatic rings. The first kappa shape index (κ1) is 21.9. The summed E-state index contributed by atoms with van der Waals surface area (Å²) in [7, 11) is -0.900. The van der Waals surface area contributed by atoms with Crippen molar-refractivity contribution in [3.05, 3.63) is 53.6 Å². The molecule has 0 aliphatic rings. The van der Waals surface area contributed by atoms with E-state index >= 15 is 0 Å². The second kappa shape index (κ2) is 9.20. The van der Waals surface area contributed by atoms with Crippen LogP contribution < -0.4 is 10.6 Å². The molecule has 0 saturated carbocycles. The first-order valence-electron chi connectivity index (χ1n) is 8.29. The van der Waals surface area contributed by atoms with Gasteiger partial charge in [0.1, 0.15) is 0 Å². The fourth-order valence-corrected chi connectivity index (χ4v) is 3.00. The van der Waals surface area contributed by atoms with E-state index in [9.17, 15) is 22.8 Å². The molecule has 1 amide bonds. The smallest absolute Gasteiger partial charge is 0.337 e. The highest BCUT2D eigenvalue weighted by Crippen LogP contribution is 2.17. The summed E-state index contributed by atoms with van der Waals surface area (Å²) in [5.74, 6) is -1.70. The van der Waals surface area contributed by atoms with Gasteiger partial charge < -0.3 is 20.1 Å². The molecular weight excluding hydrogens is 400 g/mol. The molecular formula is C19H20N2O7S. The molecule has 2 rings (SSSR count). The Labute approximate surface area is 167 Å². The van der Waals surface area contributed by atoms with Crippen LogP contribution in [0.25, 0.3) is 0 Å². The van der Waals surface area contributed by atoms with Crippen LogP contribution in [0.5, 0.6) is 0 Å². The van der Waals surface area contributed by atoms with Gasteiger partial charge in [-0.1, -0.05) is 0 Å². The molecule has 0 radical (unpaired) electrons. The lowest BCUT2D eigenvalue weighted by molar-refractivity contribution is -0.114. The predicted octanol–water partition coefficient (Wildman–Crippen LogP) is 1.71. The van der Waals surface area contributed by atoms with Crippen LogP contribution in [0.15, 0.2) is 47.4 Å². The summed E-state index contributed by atoms with van der Waals surface area (Å²) in [5, 5.41) is 5.42. The van der Waals surface area contributed by atoms with Gasteiger partial charge in [0, 0.05) is 17.6 Å². The second-order valence-corrected chi connectivity index (χ2v) is 8.00.